The van der Waals surface area contributed by atoms with Gasteiger partial charge in [-0.2, -0.15) is 0 Å². The highest BCUT2D eigenvalue weighted by molar-refractivity contribution is 6.31. The molecule has 5 nitrogen and oxygen atoms in total. The second-order valence-corrected chi connectivity index (χ2v) is 6.67. The van der Waals surface area contributed by atoms with Crippen LogP contribution in [0.3, 0.4) is 0 Å². The quantitative estimate of drug-likeness (QED) is 0.706. The lowest BCUT2D eigenvalue weighted by atomic mass is 9.98. The van der Waals surface area contributed by atoms with Gasteiger partial charge in [0.1, 0.15) is 5.76 Å². The molecule has 6 heteroatoms. The van der Waals surface area contributed by atoms with Crippen molar-refractivity contribution in [3.8, 4) is 0 Å². The maximum Gasteiger partial charge on any atom is 0.225 e. The van der Waals surface area contributed by atoms with Crippen molar-refractivity contribution in [2.45, 2.75) is 25.2 Å². The van der Waals surface area contributed by atoms with Gasteiger partial charge in [-0.15, -0.1) is 0 Å². The van der Waals surface area contributed by atoms with E-state index >= 15 is 0 Å². The first-order valence-corrected chi connectivity index (χ1v) is 8.87. The van der Waals surface area contributed by atoms with Crippen LogP contribution in [0.25, 0.3) is 0 Å². The molecule has 1 fully saturated rings. The largest absolute Gasteiger partial charge is 0.445 e. The standard InChI is InChI=1S/C19H19ClN4O/c20-17-7-2-1-5-14(17)11-16-12-23-18(25-16)15-6-3-10-24(13-15)19-21-8-4-9-22-19/h1-2,4-5,7-9,12,15H,3,6,10-11,13H2/t15-/m1/s1. The first-order chi connectivity index (χ1) is 12.3. The number of nitrogens with zero attached hydrogens (tertiary/aromatic N) is 4. The fourth-order valence-electron chi connectivity index (χ4n) is 3.24. The average molecular weight is 355 g/mol. The molecule has 0 spiro atoms. The summed E-state index contributed by atoms with van der Waals surface area (Å²) in [6, 6.07) is 9.66. The molecule has 1 aliphatic heterocycles. The Morgan fingerprint density at radius 1 is 1.12 bits per heavy atom. The molecule has 4 rings (SSSR count). The highest BCUT2D eigenvalue weighted by Gasteiger charge is 2.26. The first kappa shape index (κ1) is 16.1. The zero-order chi connectivity index (χ0) is 17.1. The van der Waals surface area contributed by atoms with Gasteiger partial charge < -0.3 is 9.32 Å². The van der Waals surface area contributed by atoms with Crippen molar-refractivity contribution in [1.82, 2.24) is 15.0 Å². The topological polar surface area (TPSA) is 55.1 Å². The lowest BCUT2D eigenvalue weighted by Gasteiger charge is -2.31. The van der Waals surface area contributed by atoms with E-state index in [4.69, 9.17) is 16.0 Å². The zero-order valence-electron chi connectivity index (χ0n) is 13.8. The molecule has 1 saturated heterocycles. The summed E-state index contributed by atoms with van der Waals surface area (Å²) in [6.07, 6.45) is 8.17. The Morgan fingerprint density at radius 2 is 1.96 bits per heavy atom. The summed E-state index contributed by atoms with van der Waals surface area (Å²) in [6.45, 7) is 1.80. The number of halogens is 1. The van der Waals surface area contributed by atoms with Crippen molar-refractivity contribution < 1.29 is 4.42 Å². The average Bonchev–Trinajstić information content (AvgIpc) is 3.13. The summed E-state index contributed by atoms with van der Waals surface area (Å²) in [5.74, 6) is 2.67. The van der Waals surface area contributed by atoms with Crippen molar-refractivity contribution in [1.29, 1.82) is 0 Å². The number of hydrogen-bond donors (Lipinski definition) is 0. The van der Waals surface area contributed by atoms with Crippen LogP contribution < -0.4 is 4.90 Å². The number of oxazole rings is 1. The molecule has 0 bridgehead atoms. The van der Waals surface area contributed by atoms with E-state index in [0.29, 0.717) is 6.42 Å². The number of aromatic nitrogens is 3. The molecule has 0 amide bonds. The van der Waals surface area contributed by atoms with E-state index < -0.39 is 0 Å². The maximum atomic E-state index is 6.23. The molecule has 0 N–H and O–H groups in total. The molecule has 0 aliphatic carbocycles. The molecule has 0 radical (unpaired) electrons. The third-order valence-electron chi connectivity index (χ3n) is 4.50. The number of hydrogen-bond acceptors (Lipinski definition) is 5. The normalized spacial score (nSPS) is 17.6. The van der Waals surface area contributed by atoms with Crippen LogP contribution in [0.15, 0.2) is 53.3 Å². The Morgan fingerprint density at radius 3 is 2.80 bits per heavy atom. The van der Waals surface area contributed by atoms with Crippen LogP contribution in [-0.4, -0.2) is 28.0 Å². The van der Waals surface area contributed by atoms with Gasteiger partial charge in [-0.05, 0) is 30.5 Å². The summed E-state index contributed by atoms with van der Waals surface area (Å²) in [4.78, 5) is 15.4. The molecule has 3 heterocycles. The van der Waals surface area contributed by atoms with Gasteiger partial charge in [0.25, 0.3) is 0 Å². The minimum atomic E-state index is 0.262. The van der Waals surface area contributed by atoms with Crippen LogP contribution in [0.5, 0.6) is 0 Å². The van der Waals surface area contributed by atoms with E-state index in [1.165, 1.54) is 0 Å². The Hall–Kier alpha value is -2.40. The van der Waals surface area contributed by atoms with E-state index in [-0.39, 0.29) is 5.92 Å². The third-order valence-corrected chi connectivity index (χ3v) is 4.87. The minimum Gasteiger partial charge on any atom is -0.445 e. The molecule has 128 valence electrons. The van der Waals surface area contributed by atoms with Gasteiger partial charge in [0.05, 0.1) is 12.1 Å². The fraction of sp³-hybridized carbons (Fsp3) is 0.316. The molecule has 1 aliphatic rings. The van der Waals surface area contributed by atoms with Crippen molar-refractivity contribution in [3.05, 3.63) is 71.2 Å². The van der Waals surface area contributed by atoms with Gasteiger partial charge in [0.2, 0.25) is 5.95 Å². The molecular weight excluding hydrogens is 336 g/mol. The molecular formula is C19H19ClN4O. The van der Waals surface area contributed by atoms with Gasteiger partial charge in [0.15, 0.2) is 5.89 Å². The van der Waals surface area contributed by atoms with E-state index in [1.807, 2.05) is 36.5 Å². The van der Waals surface area contributed by atoms with E-state index in [9.17, 15) is 0 Å². The Bertz CT molecular complexity index is 836. The summed E-state index contributed by atoms with van der Waals surface area (Å²) >= 11 is 6.23. The molecule has 1 aromatic carbocycles. The van der Waals surface area contributed by atoms with Gasteiger partial charge >= 0.3 is 0 Å². The molecule has 25 heavy (non-hydrogen) atoms. The Kier molecular flexibility index (Phi) is 4.65. The summed E-state index contributed by atoms with van der Waals surface area (Å²) in [5, 5.41) is 0.755. The summed E-state index contributed by atoms with van der Waals surface area (Å²) < 4.78 is 6.03. The van der Waals surface area contributed by atoms with Crippen molar-refractivity contribution in [3.63, 3.8) is 0 Å². The van der Waals surface area contributed by atoms with Crippen molar-refractivity contribution >= 4 is 17.5 Å². The summed E-state index contributed by atoms with van der Waals surface area (Å²) in [7, 11) is 0. The van der Waals surface area contributed by atoms with Crippen LogP contribution >= 0.6 is 11.6 Å². The maximum absolute atomic E-state index is 6.23. The second-order valence-electron chi connectivity index (χ2n) is 6.27. The Balaban J connectivity index is 1.47. The van der Waals surface area contributed by atoms with E-state index in [1.54, 1.807) is 12.4 Å². The molecule has 2 aromatic heterocycles. The first-order valence-electron chi connectivity index (χ1n) is 8.49. The van der Waals surface area contributed by atoms with E-state index in [2.05, 4.69) is 19.9 Å². The van der Waals surface area contributed by atoms with Gasteiger partial charge in [-0.25, -0.2) is 15.0 Å². The smallest absolute Gasteiger partial charge is 0.225 e. The van der Waals surface area contributed by atoms with Gasteiger partial charge in [0, 0.05) is 36.9 Å². The van der Waals surface area contributed by atoms with Crippen molar-refractivity contribution in [2.24, 2.45) is 0 Å². The number of benzene rings is 1. The van der Waals surface area contributed by atoms with Crippen molar-refractivity contribution in [2.75, 3.05) is 18.0 Å². The van der Waals surface area contributed by atoms with Crippen LogP contribution in [0.1, 0.15) is 36.0 Å². The summed E-state index contributed by atoms with van der Waals surface area (Å²) in [5.41, 5.74) is 1.05. The van der Waals surface area contributed by atoms with Crippen LogP contribution in [0.2, 0.25) is 5.02 Å². The molecule has 0 saturated carbocycles. The molecule has 1 atom stereocenters. The monoisotopic (exact) mass is 354 g/mol. The van der Waals surface area contributed by atoms with Crippen LogP contribution in [-0.2, 0) is 6.42 Å². The predicted octanol–water partition coefficient (Wildman–Crippen LogP) is 4.09. The highest BCUT2D eigenvalue weighted by atomic mass is 35.5. The number of rotatable bonds is 4. The Labute approximate surface area is 151 Å². The second kappa shape index (κ2) is 7.23. The number of anilines is 1. The van der Waals surface area contributed by atoms with Crippen LogP contribution in [0.4, 0.5) is 5.95 Å². The van der Waals surface area contributed by atoms with Gasteiger partial charge in [-0.1, -0.05) is 29.8 Å². The zero-order valence-corrected chi connectivity index (χ0v) is 14.6. The SMILES string of the molecule is Clc1ccccc1Cc1cnc([C@@H]2CCCN(c3ncccn3)C2)o1. The fourth-order valence-corrected chi connectivity index (χ4v) is 3.44. The minimum absolute atomic E-state index is 0.262. The highest BCUT2D eigenvalue weighted by Crippen LogP contribution is 2.29. The predicted molar refractivity (Wildman–Crippen MR) is 97.0 cm³/mol. The lowest BCUT2D eigenvalue weighted by Crippen LogP contribution is -2.35. The van der Waals surface area contributed by atoms with Crippen LogP contribution in [0, 0.1) is 0 Å². The van der Waals surface area contributed by atoms with Gasteiger partial charge in [-0.3, -0.25) is 0 Å². The van der Waals surface area contributed by atoms with E-state index in [0.717, 1.165) is 54.1 Å². The molecule has 3 aromatic rings. The third kappa shape index (κ3) is 3.66. The molecule has 0 unspecified atom stereocenters. The number of piperidine rings is 1. The lowest BCUT2D eigenvalue weighted by molar-refractivity contribution is 0.383.